The number of benzene rings is 1. The van der Waals surface area contributed by atoms with Crippen molar-refractivity contribution in [3.63, 3.8) is 0 Å². The second-order valence-corrected chi connectivity index (χ2v) is 5.81. The Morgan fingerprint density at radius 2 is 2.19 bits per heavy atom. The summed E-state index contributed by atoms with van der Waals surface area (Å²) in [5.74, 6) is 2.21. The summed E-state index contributed by atoms with van der Waals surface area (Å²) in [6.45, 7) is 0. The van der Waals surface area contributed by atoms with Crippen LogP contribution in [0.4, 0.5) is 0 Å². The van der Waals surface area contributed by atoms with E-state index in [-0.39, 0.29) is 0 Å². The van der Waals surface area contributed by atoms with Crippen molar-refractivity contribution in [2.75, 3.05) is 13.0 Å². The van der Waals surface area contributed by atoms with Crippen LogP contribution < -0.4 is 4.74 Å². The molecule has 0 saturated carbocycles. The van der Waals surface area contributed by atoms with Gasteiger partial charge in [-0.3, -0.25) is 9.55 Å². The number of hydrogen-bond acceptors (Lipinski definition) is 3. The summed E-state index contributed by atoms with van der Waals surface area (Å²) in [4.78, 5) is 8.75. The van der Waals surface area contributed by atoms with E-state index in [4.69, 9.17) is 16.3 Å². The van der Waals surface area contributed by atoms with Gasteiger partial charge in [-0.05, 0) is 18.2 Å². The molecule has 0 N–H and O–H groups in total. The first-order valence-electron chi connectivity index (χ1n) is 6.45. The van der Waals surface area contributed by atoms with Crippen molar-refractivity contribution in [2.45, 2.75) is 6.42 Å². The molecule has 2 aromatic heterocycles. The van der Waals surface area contributed by atoms with E-state index in [1.165, 1.54) is 0 Å². The molecule has 0 aliphatic carbocycles. The second kappa shape index (κ2) is 6.03. The molecule has 21 heavy (non-hydrogen) atoms. The Balaban J connectivity index is 2.27. The average molecular weight is 367 g/mol. The first-order chi connectivity index (χ1) is 10.2. The van der Waals surface area contributed by atoms with Crippen LogP contribution in [0.3, 0.4) is 0 Å². The van der Waals surface area contributed by atoms with Crippen LogP contribution in [0.15, 0.2) is 41.1 Å². The van der Waals surface area contributed by atoms with E-state index in [1.54, 1.807) is 19.5 Å². The summed E-state index contributed by atoms with van der Waals surface area (Å²) < 4.78 is 8.38. The molecule has 0 fully saturated rings. The molecule has 0 aliphatic rings. The Bertz CT molecular complexity index is 788. The highest BCUT2D eigenvalue weighted by molar-refractivity contribution is 9.10. The minimum absolute atomic E-state index is 0.516. The normalized spacial score (nSPS) is 11.0. The number of imidazole rings is 1. The summed E-state index contributed by atoms with van der Waals surface area (Å²) in [5, 5.41) is 0. The summed E-state index contributed by atoms with van der Waals surface area (Å²) in [6.07, 6.45) is 4.21. The molecule has 0 spiro atoms. The number of ether oxygens (including phenoxy) is 1. The standard InChI is InChI=1S/C15H13BrClN3O/c1-21-12-7-10(16)6-11(8-12)20-14-3-5-18-9-13(14)19-15(20)2-4-17/h3,5-9H,2,4H2,1H3. The van der Waals surface area contributed by atoms with Crippen molar-refractivity contribution in [1.82, 2.24) is 14.5 Å². The smallest absolute Gasteiger partial charge is 0.122 e. The van der Waals surface area contributed by atoms with Crippen LogP contribution in [0, 0.1) is 0 Å². The number of aromatic nitrogens is 3. The lowest BCUT2D eigenvalue weighted by atomic mass is 10.2. The van der Waals surface area contributed by atoms with Gasteiger partial charge in [0.15, 0.2) is 0 Å². The van der Waals surface area contributed by atoms with Crippen molar-refractivity contribution >= 4 is 38.6 Å². The number of rotatable bonds is 4. The van der Waals surface area contributed by atoms with E-state index < -0.39 is 0 Å². The number of fused-ring (bicyclic) bond motifs is 1. The number of halogens is 2. The van der Waals surface area contributed by atoms with Gasteiger partial charge >= 0.3 is 0 Å². The highest BCUT2D eigenvalue weighted by atomic mass is 79.9. The van der Waals surface area contributed by atoms with Gasteiger partial charge in [-0.25, -0.2) is 4.98 Å². The van der Waals surface area contributed by atoms with Gasteiger partial charge in [-0.15, -0.1) is 11.6 Å². The summed E-state index contributed by atoms with van der Waals surface area (Å²) in [6, 6.07) is 7.88. The molecule has 4 nitrogen and oxygen atoms in total. The van der Waals surface area contributed by atoms with Crippen molar-refractivity contribution in [1.29, 1.82) is 0 Å². The van der Waals surface area contributed by atoms with E-state index in [0.717, 1.165) is 32.8 Å². The fourth-order valence-corrected chi connectivity index (χ4v) is 2.95. The summed E-state index contributed by atoms with van der Waals surface area (Å²) in [5.41, 5.74) is 2.84. The Labute approximate surface area is 135 Å². The lowest BCUT2D eigenvalue weighted by Gasteiger charge is -2.11. The number of aryl methyl sites for hydroxylation is 1. The van der Waals surface area contributed by atoms with E-state index >= 15 is 0 Å². The Morgan fingerprint density at radius 3 is 2.95 bits per heavy atom. The average Bonchev–Trinajstić information content (AvgIpc) is 2.85. The maximum atomic E-state index is 5.91. The largest absolute Gasteiger partial charge is 0.497 e. The molecule has 0 aliphatic heterocycles. The van der Waals surface area contributed by atoms with Gasteiger partial charge in [0.1, 0.15) is 17.1 Å². The molecule has 0 bridgehead atoms. The highest BCUT2D eigenvalue weighted by Crippen LogP contribution is 2.28. The SMILES string of the molecule is COc1cc(Br)cc(-n2c(CCCl)nc3cnccc32)c1. The zero-order chi connectivity index (χ0) is 14.8. The third-order valence-corrected chi connectivity index (χ3v) is 3.84. The molecular weight excluding hydrogens is 354 g/mol. The number of pyridine rings is 1. The van der Waals surface area contributed by atoms with Gasteiger partial charge in [-0.1, -0.05) is 15.9 Å². The minimum Gasteiger partial charge on any atom is -0.497 e. The van der Waals surface area contributed by atoms with Crippen molar-refractivity contribution in [3.05, 3.63) is 47.0 Å². The van der Waals surface area contributed by atoms with Crippen molar-refractivity contribution < 1.29 is 4.74 Å². The van der Waals surface area contributed by atoms with E-state index in [9.17, 15) is 0 Å². The van der Waals surface area contributed by atoms with Gasteiger partial charge in [-0.2, -0.15) is 0 Å². The van der Waals surface area contributed by atoms with Crippen LogP contribution in [0.5, 0.6) is 5.75 Å². The molecule has 0 radical (unpaired) electrons. The maximum absolute atomic E-state index is 5.91. The Morgan fingerprint density at radius 1 is 1.33 bits per heavy atom. The third kappa shape index (κ3) is 2.76. The summed E-state index contributed by atoms with van der Waals surface area (Å²) in [7, 11) is 1.65. The molecule has 2 heterocycles. The monoisotopic (exact) mass is 365 g/mol. The van der Waals surface area contributed by atoms with Crippen LogP contribution in [0.25, 0.3) is 16.7 Å². The van der Waals surface area contributed by atoms with Gasteiger partial charge in [0, 0.05) is 29.0 Å². The molecular formula is C15H13BrClN3O. The Kier molecular flexibility index (Phi) is 4.12. The Hall–Kier alpha value is -1.59. The molecule has 108 valence electrons. The van der Waals surface area contributed by atoms with Gasteiger partial charge in [0.25, 0.3) is 0 Å². The molecule has 6 heteroatoms. The molecule has 0 atom stereocenters. The first-order valence-corrected chi connectivity index (χ1v) is 7.78. The molecule has 3 rings (SSSR count). The van der Waals surface area contributed by atoms with E-state index in [2.05, 4.69) is 30.5 Å². The fraction of sp³-hybridized carbons (Fsp3) is 0.200. The maximum Gasteiger partial charge on any atom is 0.122 e. The third-order valence-electron chi connectivity index (χ3n) is 3.19. The fourth-order valence-electron chi connectivity index (χ4n) is 2.32. The zero-order valence-electron chi connectivity index (χ0n) is 11.4. The zero-order valence-corrected chi connectivity index (χ0v) is 13.7. The topological polar surface area (TPSA) is 39.9 Å². The number of nitrogens with zero attached hydrogens (tertiary/aromatic N) is 3. The molecule has 0 saturated heterocycles. The van der Waals surface area contributed by atoms with Crippen LogP contribution in [-0.2, 0) is 6.42 Å². The quantitative estimate of drug-likeness (QED) is 0.656. The molecule has 0 unspecified atom stereocenters. The van der Waals surface area contributed by atoms with Crippen LogP contribution >= 0.6 is 27.5 Å². The van der Waals surface area contributed by atoms with Gasteiger partial charge in [0.2, 0.25) is 0 Å². The number of hydrogen-bond donors (Lipinski definition) is 0. The lowest BCUT2D eigenvalue weighted by Crippen LogP contribution is -2.02. The molecule has 0 amide bonds. The van der Waals surface area contributed by atoms with Crippen LogP contribution in [0.1, 0.15) is 5.82 Å². The number of methoxy groups -OCH3 is 1. The van der Waals surface area contributed by atoms with Crippen LogP contribution in [-0.4, -0.2) is 27.5 Å². The van der Waals surface area contributed by atoms with Gasteiger partial charge < -0.3 is 4.74 Å². The van der Waals surface area contributed by atoms with Crippen molar-refractivity contribution in [3.8, 4) is 11.4 Å². The first kappa shape index (κ1) is 14.4. The minimum atomic E-state index is 0.516. The molecule has 3 aromatic rings. The van der Waals surface area contributed by atoms with E-state index in [0.29, 0.717) is 12.3 Å². The highest BCUT2D eigenvalue weighted by Gasteiger charge is 2.13. The second-order valence-electron chi connectivity index (χ2n) is 4.52. The predicted octanol–water partition coefficient (Wildman–Crippen LogP) is 3.97. The molecule has 1 aromatic carbocycles. The van der Waals surface area contributed by atoms with Gasteiger partial charge in [0.05, 0.1) is 24.5 Å². The van der Waals surface area contributed by atoms with Crippen LogP contribution in [0.2, 0.25) is 0 Å². The summed E-state index contributed by atoms with van der Waals surface area (Å²) >= 11 is 9.42. The van der Waals surface area contributed by atoms with E-state index in [1.807, 2.05) is 24.3 Å². The lowest BCUT2D eigenvalue weighted by molar-refractivity contribution is 0.414. The number of alkyl halides is 1. The van der Waals surface area contributed by atoms with Crippen molar-refractivity contribution in [2.24, 2.45) is 0 Å². The predicted molar refractivity (Wildman–Crippen MR) is 87.5 cm³/mol.